The summed E-state index contributed by atoms with van der Waals surface area (Å²) in [6, 6.07) is 13.7. The summed E-state index contributed by atoms with van der Waals surface area (Å²) >= 11 is 6.09. The SMILES string of the molecule is COC(=O)c1cccc(NC(=O)c2cc3cccc(Cl)c3[nH]2)c1. The highest BCUT2D eigenvalue weighted by Crippen LogP contribution is 2.24. The van der Waals surface area contributed by atoms with Gasteiger partial charge in [-0.1, -0.05) is 29.8 Å². The van der Waals surface area contributed by atoms with Crippen molar-refractivity contribution in [3.63, 3.8) is 0 Å². The Balaban J connectivity index is 1.86. The lowest BCUT2D eigenvalue weighted by Crippen LogP contribution is -2.13. The molecule has 1 aromatic heterocycles. The largest absolute Gasteiger partial charge is 0.465 e. The molecule has 6 heteroatoms. The Morgan fingerprint density at radius 1 is 1.13 bits per heavy atom. The molecule has 0 aliphatic rings. The number of rotatable bonds is 3. The van der Waals surface area contributed by atoms with Crippen molar-refractivity contribution in [3.05, 3.63) is 64.8 Å². The molecule has 0 saturated carbocycles. The van der Waals surface area contributed by atoms with Gasteiger partial charge in [-0.15, -0.1) is 0 Å². The van der Waals surface area contributed by atoms with Crippen LogP contribution in [-0.2, 0) is 4.74 Å². The van der Waals surface area contributed by atoms with Crippen molar-refractivity contribution < 1.29 is 14.3 Å². The molecule has 3 rings (SSSR count). The molecule has 23 heavy (non-hydrogen) atoms. The second-order valence-corrected chi connectivity index (χ2v) is 5.32. The first kappa shape index (κ1) is 15.1. The number of amides is 1. The first-order valence-electron chi connectivity index (χ1n) is 6.85. The van der Waals surface area contributed by atoms with Crippen LogP contribution in [0.4, 0.5) is 5.69 Å². The molecule has 3 aromatic rings. The molecule has 0 saturated heterocycles. The summed E-state index contributed by atoms with van der Waals surface area (Å²) in [5.41, 5.74) is 1.96. The molecule has 0 bridgehead atoms. The number of nitrogens with one attached hydrogen (secondary N) is 2. The highest BCUT2D eigenvalue weighted by atomic mass is 35.5. The molecule has 0 spiro atoms. The molecule has 2 N–H and O–H groups in total. The van der Waals surface area contributed by atoms with Crippen molar-refractivity contribution in [1.29, 1.82) is 0 Å². The Bertz CT molecular complexity index is 902. The Morgan fingerprint density at radius 3 is 2.65 bits per heavy atom. The van der Waals surface area contributed by atoms with Crippen LogP contribution in [0.25, 0.3) is 10.9 Å². The number of carbonyl (C=O) groups excluding carboxylic acids is 2. The molecule has 0 unspecified atom stereocenters. The first-order valence-corrected chi connectivity index (χ1v) is 7.23. The van der Waals surface area contributed by atoms with Gasteiger partial charge in [0.25, 0.3) is 5.91 Å². The van der Waals surface area contributed by atoms with Crippen LogP contribution < -0.4 is 5.32 Å². The van der Waals surface area contributed by atoms with Crippen LogP contribution in [0.15, 0.2) is 48.5 Å². The molecule has 0 aliphatic heterocycles. The summed E-state index contributed by atoms with van der Waals surface area (Å²) in [6.07, 6.45) is 0. The fraction of sp³-hybridized carbons (Fsp3) is 0.0588. The zero-order valence-electron chi connectivity index (χ0n) is 12.2. The number of halogens is 1. The minimum absolute atomic E-state index is 0.320. The van der Waals surface area contributed by atoms with Crippen LogP contribution in [0.1, 0.15) is 20.8 Å². The van der Waals surface area contributed by atoms with Crippen LogP contribution in [0.3, 0.4) is 0 Å². The van der Waals surface area contributed by atoms with Crippen LogP contribution >= 0.6 is 11.6 Å². The minimum atomic E-state index is -0.460. The van der Waals surface area contributed by atoms with Gasteiger partial charge in [-0.3, -0.25) is 4.79 Å². The highest BCUT2D eigenvalue weighted by Gasteiger charge is 2.12. The van der Waals surface area contributed by atoms with E-state index in [0.717, 1.165) is 5.39 Å². The summed E-state index contributed by atoms with van der Waals surface area (Å²) in [7, 11) is 1.31. The molecule has 0 radical (unpaired) electrons. The highest BCUT2D eigenvalue weighted by molar-refractivity contribution is 6.35. The van der Waals surface area contributed by atoms with Crippen molar-refractivity contribution in [1.82, 2.24) is 4.98 Å². The quantitative estimate of drug-likeness (QED) is 0.717. The second-order valence-electron chi connectivity index (χ2n) is 4.91. The van der Waals surface area contributed by atoms with Crippen molar-refractivity contribution in [2.75, 3.05) is 12.4 Å². The Hall–Kier alpha value is -2.79. The third-order valence-electron chi connectivity index (χ3n) is 3.39. The number of methoxy groups -OCH3 is 1. The van der Waals surface area contributed by atoms with E-state index < -0.39 is 5.97 Å². The topological polar surface area (TPSA) is 71.2 Å². The summed E-state index contributed by atoms with van der Waals surface area (Å²) in [6.45, 7) is 0. The number of aromatic nitrogens is 1. The molecule has 0 aliphatic carbocycles. The smallest absolute Gasteiger partial charge is 0.337 e. The molecule has 0 fully saturated rings. The number of esters is 1. The van der Waals surface area contributed by atoms with Gasteiger partial charge in [0.2, 0.25) is 0 Å². The molecule has 1 heterocycles. The zero-order chi connectivity index (χ0) is 16.4. The molecule has 2 aromatic carbocycles. The van der Waals surface area contributed by atoms with Crippen molar-refractivity contribution >= 4 is 40.1 Å². The fourth-order valence-corrected chi connectivity index (χ4v) is 2.51. The van der Waals surface area contributed by atoms with Crippen LogP contribution in [0.2, 0.25) is 5.02 Å². The maximum atomic E-state index is 12.3. The van der Waals surface area contributed by atoms with E-state index in [1.54, 1.807) is 36.4 Å². The van der Waals surface area contributed by atoms with Gasteiger partial charge in [-0.25, -0.2) is 4.79 Å². The van der Waals surface area contributed by atoms with Gasteiger partial charge in [-0.2, -0.15) is 0 Å². The number of ether oxygens (including phenoxy) is 1. The van der Waals surface area contributed by atoms with Crippen molar-refractivity contribution in [2.45, 2.75) is 0 Å². The Kier molecular flexibility index (Phi) is 4.04. The average molecular weight is 329 g/mol. The number of hydrogen-bond donors (Lipinski definition) is 2. The predicted molar refractivity (Wildman–Crippen MR) is 89.0 cm³/mol. The van der Waals surface area contributed by atoms with E-state index in [1.165, 1.54) is 7.11 Å². The van der Waals surface area contributed by atoms with Crippen LogP contribution in [0, 0.1) is 0 Å². The molecular formula is C17H13ClN2O3. The molecular weight excluding hydrogens is 316 g/mol. The molecule has 0 atom stereocenters. The van der Waals surface area contributed by atoms with Gasteiger partial charge >= 0.3 is 5.97 Å². The van der Waals surface area contributed by atoms with Gasteiger partial charge in [0.15, 0.2) is 0 Å². The van der Waals surface area contributed by atoms with E-state index >= 15 is 0 Å². The third kappa shape index (κ3) is 3.05. The number of para-hydroxylation sites is 1. The van der Waals surface area contributed by atoms with Crippen LogP contribution in [0.5, 0.6) is 0 Å². The lowest BCUT2D eigenvalue weighted by atomic mass is 10.2. The number of fused-ring (bicyclic) bond motifs is 1. The molecule has 1 amide bonds. The van der Waals surface area contributed by atoms with Gasteiger partial charge in [0, 0.05) is 11.1 Å². The third-order valence-corrected chi connectivity index (χ3v) is 3.71. The Morgan fingerprint density at radius 2 is 1.91 bits per heavy atom. The van der Waals surface area contributed by atoms with Gasteiger partial charge < -0.3 is 15.0 Å². The average Bonchev–Trinajstić information content (AvgIpc) is 3.00. The first-order chi connectivity index (χ1) is 11.1. The number of carbonyl (C=O) groups is 2. The second kappa shape index (κ2) is 6.14. The van der Waals surface area contributed by atoms with Gasteiger partial charge in [-0.05, 0) is 30.3 Å². The summed E-state index contributed by atoms with van der Waals surface area (Å²) in [5.74, 6) is -0.780. The number of H-pyrrole nitrogens is 1. The zero-order valence-corrected chi connectivity index (χ0v) is 13.0. The van der Waals surface area contributed by atoms with Crippen molar-refractivity contribution in [3.8, 4) is 0 Å². The summed E-state index contributed by atoms with van der Waals surface area (Å²) in [5, 5.41) is 4.14. The maximum Gasteiger partial charge on any atom is 0.337 e. The Labute approximate surface area is 137 Å². The summed E-state index contributed by atoms with van der Waals surface area (Å²) < 4.78 is 4.66. The summed E-state index contributed by atoms with van der Waals surface area (Å²) in [4.78, 5) is 26.9. The van der Waals surface area contributed by atoms with E-state index in [2.05, 4.69) is 15.0 Å². The number of aromatic amines is 1. The fourth-order valence-electron chi connectivity index (χ4n) is 2.28. The number of benzene rings is 2. The van der Waals surface area contributed by atoms with Crippen molar-refractivity contribution in [2.24, 2.45) is 0 Å². The lowest BCUT2D eigenvalue weighted by molar-refractivity contribution is 0.0600. The normalized spacial score (nSPS) is 10.5. The van der Waals surface area contributed by atoms with E-state index in [-0.39, 0.29) is 5.91 Å². The van der Waals surface area contributed by atoms with E-state index in [4.69, 9.17) is 11.6 Å². The predicted octanol–water partition coefficient (Wildman–Crippen LogP) is 3.86. The standard InChI is InChI=1S/C17H13ClN2O3/c1-23-17(22)11-5-2-6-12(8-11)19-16(21)14-9-10-4-3-7-13(18)15(10)20-14/h2-9,20H,1H3,(H,19,21). The van der Waals surface area contributed by atoms with E-state index in [1.807, 2.05) is 12.1 Å². The minimum Gasteiger partial charge on any atom is -0.465 e. The monoisotopic (exact) mass is 328 g/mol. The maximum absolute atomic E-state index is 12.3. The van der Waals surface area contributed by atoms with Crippen LogP contribution in [-0.4, -0.2) is 24.0 Å². The molecule has 5 nitrogen and oxygen atoms in total. The van der Waals surface area contributed by atoms with E-state index in [9.17, 15) is 9.59 Å². The lowest BCUT2D eigenvalue weighted by Gasteiger charge is -2.05. The van der Waals surface area contributed by atoms with Gasteiger partial charge in [0.05, 0.1) is 23.2 Å². The number of anilines is 1. The number of hydrogen-bond acceptors (Lipinski definition) is 3. The van der Waals surface area contributed by atoms with E-state index in [0.29, 0.717) is 27.5 Å². The van der Waals surface area contributed by atoms with Gasteiger partial charge in [0.1, 0.15) is 5.69 Å². The molecule has 116 valence electrons.